The molecule has 0 unspecified atom stereocenters. The van der Waals surface area contributed by atoms with Crippen LogP contribution in [0.3, 0.4) is 0 Å². The molecule has 2 rings (SSSR count). The first kappa shape index (κ1) is 13.5. The van der Waals surface area contributed by atoms with Crippen molar-refractivity contribution in [2.75, 3.05) is 13.2 Å². The second-order valence-corrected chi connectivity index (χ2v) is 4.16. The van der Waals surface area contributed by atoms with Crippen LogP contribution in [0.15, 0.2) is 36.9 Å². The monoisotopic (exact) mass is 263 g/mol. The molecule has 0 aliphatic carbocycles. The summed E-state index contributed by atoms with van der Waals surface area (Å²) >= 11 is 0. The number of benzene rings is 1. The zero-order valence-electron chi connectivity index (χ0n) is 11.0. The maximum absolute atomic E-state index is 13.8. The van der Waals surface area contributed by atoms with Crippen molar-refractivity contribution < 1.29 is 9.13 Å². The number of nitrogens with one attached hydrogen (secondary N) is 1. The van der Waals surface area contributed by atoms with Gasteiger partial charge in [0.2, 0.25) is 0 Å². The van der Waals surface area contributed by atoms with E-state index in [1.54, 1.807) is 18.6 Å². The molecule has 0 amide bonds. The highest BCUT2D eigenvalue weighted by molar-refractivity contribution is 5.34. The van der Waals surface area contributed by atoms with Gasteiger partial charge in [-0.1, -0.05) is 19.1 Å². The molecule has 1 aromatic heterocycles. The normalized spacial score (nSPS) is 10.6. The molecule has 0 bridgehead atoms. The minimum atomic E-state index is -0.318. The molecule has 5 heteroatoms. The molecule has 0 spiro atoms. The van der Waals surface area contributed by atoms with Crippen molar-refractivity contribution in [3.63, 3.8) is 0 Å². The molecular formula is C14H18FN3O. The highest BCUT2D eigenvalue weighted by atomic mass is 19.1. The molecule has 0 aliphatic heterocycles. The molecule has 102 valence electrons. The van der Waals surface area contributed by atoms with Crippen molar-refractivity contribution in [2.24, 2.45) is 0 Å². The van der Waals surface area contributed by atoms with Gasteiger partial charge in [0, 0.05) is 24.5 Å². The number of rotatable bonds is 7. The minimum absolute atomic E-state index is 0.318. The zero-order chi connectivity index (χ0) is 13.5. The third-order valence-corrected chi connectivity index (χ3v) is 2.77. The molecule has 4 nitrogen and oxygen atoms in total. The quantitative estimate of drug-likeness (QED) is 0.832. The van der Waals surface area contributed by atoms with E-state index in [-0.39, 0.29) is 5.82 Å². The van der Waals surface area contributed by atoms with Crippen molar-refractivity contribution in [3.8, 4) is 5.75 Å². The van der Waals surface area contributed by atoms with Gasteiger partial charge in [0.1, 0.15) is 6.61 Å². The smallest absolute Gasteiger partial charge is 0.165 e. The van der Waals surface area contributed by atoms with Gasteiger partial charge in [-0.25, -0.2) is 9.37 Å². The Morgan fingerprint density at radius 3 is 3.05 bits per heavy atom. The second kappa shape index (κ2) is 6.89. The number of imidazole rings is 1. The average molecular weight is 263 g/mol. The Morgan fingerprint density at radius 2 is 2.32 bits per heavy atom. The molecule has 0 atom stereocenters. The van der Waals surface area contributed by atoms with Crippen molar-refractivity contribution in [2.45, 2.75) is 20.0 Å². The SMILES string of the molecule is CCNCc1cccc(F)c1OCCn1ccnc1. The van der Waals surface area contributed by atoms with E-state index in [0.29, 0.717) is 25.4 Å². The summed E-state index contributed by atoms with van der Waals surface area (Å²) in [7, 11) is 0. The van der Waals surface area contributed by atoms with E-state index in [9.17, 15) is 4.39 Å². The van der Waals surface area contributed by atoms with E-state index in [0.717, 1.165) is 12.1 Å². The van der Waals surface area contributed by atoms with Crippen LogP contribution in [0.5, 0.6) is 5.75 Å². The number of hydrogen-bond donors (Lipinski definition) is 1. The van der Waals surface area contributed by atoms with Crippen LogP contribution >= 0.6 is 0 Å². The number of aromatic nitrogens is 2. The van der Waals surface area contributed by atoms with Gasteiger partial charge in [0.15, 0.2) is 11.6 Å². The first-order valence-corrected chi connectivity index (χ1v) is 6.38. The fourth-order valence-electron chi connectivity index (χ4n) is 1.79. The first-order valence-electron chi connectivity index (χ1n) is 6.38. The van der Waals surface area contributed by atoms with Crippen LogP contribution in [0.2, 0.25) is 0 Å². The predicted octanol–water partition coefficient (Wildman–Crippen LogP) is 2.21. The summed E-state index contributed by atoms with van der Waals surface area (Å²) in [6, 6.07) is 4.99. The Balaban J connectivity index is 1.97. The van der Waals surface area contributed by atoms with Crippen LogP contribution < -0.4 is 10.1 Å². The van der Waals surface area contributed by atoms with Gasteiger partial charge in [-0.2, -0.15) is 0 Å². The fraction of sp³-hybridized carbons (Fsp3) is 0.357. The molecule has 0 radical (unpaired) electrons. The lowest BCUT2D eigenvalue weighted by molar-refractivity contribution is 0.280. The number of para-hydroxylation sites is 1. The lowest BCUT2D eigenvalue weighted by Crippen LogP contribution is -2.14. The summed E-state index contributed by atoms with van der Waals surface area (Å²) in [6.45, 7) is 4.52. The maximum atomic E-state index is 13.8. The largest absolute Gasteiger partial charge is 0.488 e. The predicted molar refractivity (Wildman–Crippen MR) is 71.5 cm³/mol. The molecule has 0 aliphatic rings. The van der Waals surface area contributed by atoms with Crippen molar-refractivity contribution >= 4 is 0 Å². The summed E-state index contributed by atoms with van der Waals surface area (Å²) in [5, 5.41) is 3.17. The molecule has 1 aromatic carbocycles. The Bertz CT molecular complexity index is 499. The molecule has 0 saturated heterocycles. The standard InChI is InChI=1S/C14H18FN3O/c1-2-16-10-12-4-3-5-13(15)14(12)19-9-8-18-7-6-17-11-18/h3-7,11,16H,2,8-10H2,1H3. The van der Waals surface area contributed by atoms with E-state index in [1.165, 1.54) is 6.07 Å². The summed E-state index contributed by atoms with van der Waals surface area (Å²) in [5.41, 5.74) is 0.840. The van der Waals surface area contributed by atoms with Gasteiger partial charge < -0.3 is 14.6 Å². The van der Waals surface area contributed by atoms with Crippen LogP contribution in [0, 0.1) is 5.82 Å². The van der Waals surface area contributed by atoms with Crippen LogP contribution in [0.4, 0.5) is 4.39 Å². The highest BCUT2D eigenvalue weighted by Crippen LogP contribution is 2.22. The van der Waals surface area contributed by atoms with Crippen molar-refractivity contribution in [1.29, 1.82) is 0 Å². The molecule has 1 heterocycles. The molecule has 0 fully saturated rings. The summed E-state index contributed by atoms with van der Waals surface area (Å²) in [5.74, 6) is 0.0181. The number of ether oxygens (including phenoxy) is 1. The molecule has 2 aromatic rings. The Labute approximate surface area is 112 Å². The van der Waals surface area contributed by atoms with Crippen LogP contribution in [-0.4, -0.2) is 22.7 Å². The first-order chi connectivity index (χ1) is 9.31. The van der Waals surface area contributed by atoms with Gasteiger partial charge in [-0.3, -0.25) is 0 Å². The lowest BCUT2D eigenvalue weighted by Gasteiger charge is -2.13. The number of hydrogen-bond acceptors (Lipinski definition) is 3. The molecular weight excluding hydrogens is 245 g/mol. The second-order valence-electron chi connectivity index (χ2n) is 4.16. The maximum Gasteiger partial charge on any atom is 0.165 e. The highest BCUT2D eigenvalue weighted by Gasteiger charge is 2.09. The van der Waals surface area contributed by atoms with E-state index in [4.69, 9.17) is 4.74 Å². The van der Waals surface area contributed by atoms with Crippen LogP contribution in [0.25, 0.3) is 0 Å². The fourth-order valence-corrected chi connectivity index (χ4v) is 1.79. The third-order valence-electron chi connectivity index (χ3n) is 2.77. The van der Waals surface area contributed by atoms with Gasteiger partial charge in [-0.15, -0.1) is 0 Å². The van der Waals surface area contributed by atoms with Crippen molar-refractivity contribution in [1.82, 2.24) is 14.9 Å². The van der Waals surface area contributed by atoms with Crippen LogP contribution in [-0.2, 0) is 13.1 Å². The third kappa shape index (κ3) is 3.79. The van der Waals surface area contributed by atoms with Crippen LogP contribution in [0.1, 0.15) is 12.5 Å². The Morgan fingerprint density at radius 1 is 1.42 bits per heavy atom. The Hall–Kier alpha value is -1.88. The lowest BCUT2D eigenvalue weighted by atomic mass is 10.2. The van der Waals surface area contributed by atoms with E-state index in [1.807, 2.05) is 23.8 Å². The Kier molecular flexibility index (Phi) is 4.92. The average Bonchev–Trinajstić information content (AvgIpc) is 2.92. The van der Waals surface area contributed by atoms with E-state index >= 15 is 0 Å². The minimum Gasteiger partial charge on any atom is -0.488 e. The summed E-state index contributed by atoms with van der Waals surface area (Å²) in [6.07, 6.45) is 5.27. The number of halogens is 1. The van der Waals surface area contributed by atoms with E-state index < -0.39 is 0 Å². The molecule has 0 saturated carbocycles. The van der Waals surface area contributed by atoms with E-state index in [2.05, 4.69) is 10.3 Å². The summed E-state index contributed by atoms with van der Waals surface area (Å²) < 4.78 is 21.2. The zero-order valence-corrected chi connectivity index (χ0v) is 11.0. The van der Waals surface area contributed by atoms with Gasteiger partial charge in [0.05, 0.1) is 12.9 Å². The topological polar surface area (TPSA) is 39.1 Å². The molecule has 1 N–H and O–H groups in total. The van der Waals surface area contributed by atoms with Gasteiger partial charge in [0.25, 0.3) is 0 Å². The van der Waals surface area contributed by atoms with Gasteiger partial charge in [-0.05, 0) is 12.6 Å². The van der Waals surface area contributed by atoms with Crippen molar-refractivity contribution in [3.05, 3.63) is 48.3 Å². The summed E-state index contributed by atoms with van der Waals surface area (Å²) in [4.78, 5) is 3.95. The molecule has 19 heavy (non-hydrogen) atoms. The number of nitrogens with zero attached hydrogens (tertiary/aromatic N) is 2. The van der Waals surface area contributed by atoms with Gasteiger partial charge >= 0.3 is 0 Å².